The quantitative estimate of drug-likeness (QED) is 0.669. The summed E-state index contributed by atoms with van der Waals surface area (Å²) in [4.78, 5) is 8.46. The minimum atomic E-state index is -0.364. The van der Waals surface area contributed by atoms with Crippen LogP contribution >= 0.6 is 11.6 Å². The highest BCUT2D eigenvalue weighted by Gasteiger charge is 2.08. The molecule has 3 aromatic rings. The van der Waals surface area contributed by atoms with Gasteiger partial charge in [-0.3, -0.25) is 0 Å². The van der Waals surface area contributed by atoms with E-state index in [0.717, 1.165) is 16.8 Å². The lowest BCUT2D eigenvalue weighted by Crippen LogP contribution is -2.02. The minimum Gasteiger partial charge on any atom is -0.339 e. The van der Waals surface area contributed by atoms with E-state index in [1.165, 1.54) is 6.07 Å². The second-order valence-electron chi connectivity index (χ2n) is 5.43. The molecule has 1 aromatic heterocycles. The third-order valence-electron chi connectivity index (χ3n) is 3.46. The minimum absolute atomic E-state index is 0.297. The fourth-order valence-corrected chi connectivity index (χ4v) is 2.74. The Hall–Kier alpha value is -2.66. The Labute approximate surface area is 144 Å². The van der Waals surface area contributed by atoms with Crippen molar-refractivity contribution in [3.63, 3.8) is 0 Å². The van der Waals surface area contributed by atoms with Crippen molar-refractivity contribution < 1.29 is 4.39 Å². The zero-order valence-corrected chi connectivity index (χ0v) is 14.0. The van der Waals surface area contributed by atoms with Crippen molar-refractivity contribution in [3.05, 3.63) is 70.6 Å². The van der Waals surface area contributed by atoms with E-state index in [-0.39, 0.29) is 5.82 Å². The Balaban J connectivity index is 1.85. The lowest BCUT2D eigenvalue weighted by molar-refractivity contribution is 0.631. The molecular formula is C18H16ClFN4. The van der Waals surface area contributed by atoms with E-state index >= 15 is 0 Å². The van der Waals surface area contributed by atoms with Crippen molar-refractivity contribution in [1.82, 2.24) is 9.97 Å². The highest BCUT2D eigenvalue weighted by atomic mass is 35.5. The summed E-state index contributed by atoms with van der Waals surface area (Å²) in [5.41, 5.74) is 3.21. The van der Waals surface area contributed by atoms with Gasteiger partial charge in [-0.05, 0) is 49.2 Å². The van der Waals surface area contributed by atoms with Gasteiger partial charge in [-0.15, -0.1) is 0 Å². The predicted octanol–water partition coefficient (Wildman–Crippen LogP) is 5.37. The fraction of sp³-hybridized carbons (Fsp3) is 0.111. The topological polar surface area (TPSA) is 49.8 Å². The van der Waals surface area contributed by atoms with E-state index in [9.17, 15) is 4.39 Å². The SMILES string of the molecule is Cc1cc(C)c(Nc2ccnc(Nc3ccccc3F)n2)c(Cl)c1. The molecule has 0 saturated carbocycles. The molecule has 24 heavy (non-hydrogen) atoms. The molecule has 6 heteroatoms. The Kier molecular flexibility index (Phi) is 4.62. The number of hydrogen-bond acceptors (Lipinski definition) is 4. The Morgan fingerprint density at radius 1 is 1.04 bits per heavy atom. The number of benzene rings is 2. The first-order chi connectivity index (χ1) is 11.5. The molecule has 122 valence electrons. The van der Waals surface area contributed by atoms with Crippen molar-refractivity contribution in [2.75, 3.05) is 10.6 Å². The number of anilines is 4. The zero-order valence-electron chi connectivity index (χ0n) is 13.3. The molecule has 0 amide bonds. The lowest BCUT2D eigenvalue weighted by Gasteiger charge is -2.13. The number of rotatable bonds is 4. The molecule has 0 atom stereocenters. The van der Waals surface area contributed by atoms with Gasteiger partial charge in [0.25, 0.3) is 0 Å². The summed E-state index contributed by atoms with van der Waals surface area (Å²) in [5.74, 6) is 0.501. The van der Waals surface area contributed by atoms with Crippen LogP contribution in [0, 0.1) is 19.7 Å². The Bertz CT molecular complexity index is 859. The summed E-state index contributed by atoms with van der Waals surface area (Å²) in [6, 6.07) is 12.0. The van der Waals surface area contributed by atoms with Crippen LogP contribution in [0.25, 0.3) is 0 Å². The Morgan fingerprint density at radius 3 is 2.58 bits per heavy atom. The van der Waals surface area contributed by atoms with Crippen LogP contribution in [0.15, 0.2) is 48.7 Å². The molecule has 0 spiro atoms. The molecule has 2 N–H and O–H groups in total. The van der Waals surface area contributed by atoms with Gasteiger partial charge in [0.2, 0.25) is 5.95 Å². The first-order valence-corrected chi connectivity index (χ1v) is 7.79. The van der Waals surface area contributed by atoms with Crippen molar-refractivity contribution in [3.8, 4) is 0 Å². The molecule has 0 radical (unpaired) electrons. The first kappa shape index (κ1) is 16.2. The lowest BCUT2D eigenvalue weighted by atomic mass is 10.1. The number of aryl methyl sites for hydroxylation is 2. The van der Waals surface area contributed by atoms with E-state index in [1.807, 2.05) is 26.0 Å². The van der Waals surface area contributed by atoms with Gasteiger partial charge >= 0.3 is 0 Å². The van der Waals surface area contributed by atoms with Gasteiger partial charge in [0.05, 0.1) is 16.4 Å². The molecule has 3 rings (SSSR count). The van der Waals surface area contributed by atoms with E-state index in [2.05, 4.69) is 20.6 Å². The van der Waals surface area contributed by atoms with Gasteiger partial charge in [-0.25, -0.2) is 9.37 Å². The third-order valence-corrected chi connectivity index (χ3v) is 3.76. The van der Waals surface area contributed by atoms with Crippen LogP contribution in [0.5, 0.6) is 0 Å². The molecule has 2 aromatic carbocycles. The monoisotopic (exact) mass is 342 g/mol. The number of hydrogen-bond donors (Lipinski definition) is 2. The molecule has 0 fully saturated rings. The smallest absolute Gasteiger partial charge is 0.229 e. The maximum Gasteiger partial charge on any atom is 0.229 e. The molecule has 1 heterocycles. The fourth-order valence-electron chi connectivity index (χ4n) is 2.37. The second-order valence-corrected chi connectivity index (χ2v) is 5.84. The van der Waals surface area contributed by atoms with Crippen LogP contribution in [0.4, 0.5) is 27.5 Å². The Morgan fingerprint density at radius 2 is 1.83 bits per heavy atom. The normalized spacial score (nSPS) is 10.5. The molecule has 0 aliphatic heterocycles. The summed E-state index contributed by atoms with van der Waals surface area (Å²) in [5, 5.41) is 6.68. The largest absolute Gasteiger partial charge is 0.339 e. The standard InChI is InChI=1S/C18H16ClFN4/c1-11-9-12(2)17(13(19)10-11)23-16-7-8-21-18(24-16)22-15-6-4-3-5-14(15)20/h3-10H,1-2H3,(H2,21,22,23,24). The van der Waals surface area contributed by atoms with Crippen molar-refractivity contribution in [2.45, 2.75) is 13.8 Å². The van der Waals surface area contributed by atoms with E-state index in [4.69, 9.17) is 11.6 Å². The van der Waals surface area contributed by atoms with Gasteiger partial charge in [0, 0.05) is 6.20 Å². The van der Waals surface area contributed by atoms with Gasteiger partial charge in [-0.1, -0.05) is 29.8 Å². The van der Waals surface area contributed by atoms with Gasteiger partial charge < -0.3 is 10.6 Å². The highest BCUT2D eigenvalue weighted by molar-refractivity contribution is 6.33. The van der Waals surface area contributed by atoms with Crippen LogP contribution in [0.3, 0.4) is 0 Å². The number of halogens is 2. The van der Waals surface area contributed by atoms with Gasteiger partial charge in [0.1, 0.15) is 11.6 Å². The molecule has 0 bridgehead atoms. The third kappa shape index (κ3) is 3.63. The molecule has 4 nitrogen and oxygen atoms in total. The van der Waals surface area contributed by atoms with Gasteiger partial charge in [0.15, 0.2) is 0 Å². The van der Waals surface area contributed by atoms with Gasteiger partial charge in [-0.2, -0.15) is 4.98 Å². The maximum absolute atomic E-state index is 13.7. The van der Waals surface area contributed by atoms with Crippen molar-refractivity contribution >= 4 is 34.7 Å². The van der Waals surface area contributed by atoms with Crippen LogP contribution in [0.1, 0.15) is 11.1 Å². The van der Waals surface area contributed by atoms with Crippen molar-refractivity contribution in [2.24, 2.45) is 0 Å². The molecule has 0 aliphatic rings. The number of para-hydroxylation sites is 1. The molecule has 0 saturated heterocycles. The second kappa shape index (κ2) is 6.84. The van der Waals surface area contributed by atoms with Crippen LogP contribution in [0.2, 0.25) is 5.02 Å². The average molecular weight is 343 g/mol. The summed E-state index contributed by atoms with van der Waals surface area (Å²) in [6.45, 7) is 3.96. The first-order valence-electron chi connectivity index (χ1n) is 7.41. The summed E-state index contributed by atoms with van der Waals surface area (Å²) < 4.78 is 13.7. The van der Waals surface area contributed by atoms with E-state index in [0.29, 0.717) is 22.5 Å². The molecule has 0 aliphatic carbocycles. The summed E-state index contributed by atoms with van der Waals surface area (Å²) in [6.07, 6.45) is 1.59. The van der Waals surface area contributed by atoms with Crippen LogP contribution in [-0.2, 0) is 0 Å². The number of nitrogens with zero attached hydrogens (tertiary/aromatic N) is 2. The number of nitrogens with one attached hydrogen (secondary N) is 2. The predicted molar refractivity (Wildman–Crippen MR) is 95.9 cm³/mol. The van der Waals surface area contributed by atoms with Crippen LogP contribution in [-0.4, -0.2) is 9.97 Å². The van der Waals surface area contributed by atoms with Crippen LogP contribution < -0.4 is 10.6 Å². The highest BCUT2D eigenvalue weighted by Crippen LogP contribution is 2.30. The van der Waals surface area contributed by atoms with Crippen molar-refractivity contribution in [1.29, 1.82) is 0 Å². The molecule has 0 unspecified atom stereocenters. The molecular weight excluding hydrogens is 327 g/mol. The average Bonchev–Trinajstić information content (AvgIpc) is 2.53. The summed E-state index contributed by atoms with van der Waals surface area (Å²) in [7, 11) is 0. The zero-order chi connectivity index (χ0) is 17.1. The maximum atomic E-state index is 13.7. The van der Waals surface area contributed by atoms with E-state index < -0.39 is 0 Å². The number of aromatic nitrogens is 2. The van der Waals surface area contributed by atoms with E-state index in [1.54, 1.807) is 30.5 Å². The summed E-state index contributed by atoms with van der Waals surface area (Å²) >= 11 is 6.30.